The molecule has 0 bridgehead atoms. The van der Waals surface area contributed by atoms with Crippen LogP contribution in [0.4, 0.5) is 0 Å². The number of hydrogen-bond donors (Lipinski definition) is 1. The summed E-state index contributed by atoms with van der Waals surface area (Å²) >= 11 is 0. The van der Waals surface area contributed by atoms with Gasteiger partial charge in [-0.1, -0.05) is 6.07 Å². The van der Waals surface area contributed by atoms with Gasteiger partial charge in [0.15, 0.2) is 11.5 Å². The van der Waals surface area contributed by atoms with E-state index in [1.165, 1.54) is 0 Å². The molecule has 1 amide bonds. The zero-order valence-corrected chi connectivity index (χ0v) is 13.8. The number of carbonyl (C=O) groups is 1. The van der Waals surface area contributed by atoms with Crippen LogP contribution < -0.4 is 14.8 Å². The van der Waals surface area contributed by atoms with E-state index in [0.29, 0.717) is 6.42 Å². The van der Waals surface area contributed by atoms with E-state index in [4.69, 9.17) is 9.47 Å². The molecule has 1 aliphatic rings. The molecule has 2 heterocycles. The predicted octanol–water partition coefficient (Wildman–Crippen LogP) is 2.19. The Balaban J connectivity index is 1.67. The molecule has 3 rings (SSSR count). The minimum Gasteiger partial charge on any atom is -0.454 e. The lowest BCUT2D eigenvalue weighted by Crippen LogP contribution is -2.28. The third-order valence-electron chi connectivity index (χ3n) is 4.27. The molecule has 1 unspecified atom stereocenters. The van der Waals surface area contributed by atoms with Gasteiger partial charge in [0.05, 0.1) is 18.2 Å². The standard InChI is InChI=1S/C17H21N3O3/c1-10(13-5-6-15-16(7-13)23-9-22-15)18-17(21)8-14-11(2)19-20(4)12(14)3/h5-7,10H,8-9H2,1-4H3,(H,18,21). The molecule has 1 atom stereocenters. The van der Waals surface area contributed by atoms with Crippen molar-refractivity contribution in [3.8, 4) is 11.5 Å². The number of nitrogens with one attached hydrogen (secondary N) is 1. The first-order valence-corrected chi connectivity index (χ1v) is 7.63. The molecule has 0 aliphatic carbocycles. The Morgan fingerprint density at radius 2 is 2.09 bits per heavy atom. The van der Waals surface area contributed by atoms with Crippen LogP contribution in [0.15, 0.2) is 18.2 Å². The van der Waals surface area contributed by atoms with E-state index in [2.05, 4.69) is 10.4 Å². The smallest absolute Gasteiger partial charge is 0.231 e. The fourth-order valence-electron chi connectivity index (χ4n) is 2.79. The SMILES string of the molecule is Cc1nn(C)c(C)c1CC(=O)NC(C)c1ccc2c(c1)OCO2. The van der Waals surface area contributed by atoms with Gasteiger partial charge in [-0.05, 0) is 38.5 Å². The summed E-state index contributed by atoms with van der Waals surface area (Å²) in [5.74, 6) is 1.45. The zero-order valence-electron chi connectivity index (χ0n) is 13.8. The molecule has 6 heteroatoms. The van der Waals surface area contributed by atoms with Crippen LogP contribution in [0.2, 0.25) is 0 Å². The first-order chi connectivity index (χ1) is 11.0. The Kier molecular flexibility index (Phi) is 3.98. The Hall–Kier alpha value is -2.50. The molecule has 2 aromatic rings. The molecule has 6 nitrogen and oxygen atoms in total. The fraction of sp³-hybridized carbons (Fsp3) is 0.412. The lowest BCUT2D eigenvalue weighted by molar-refractivity contribution is -0.121. The van der Waals surface area contributed by atoms with Crippen LogP contribution in [0, 0.1) is 13.8 Å². The van der Waals surface area contributed by atoms with Crippen LogP contribution in [-0.4, -0.2) is 22.5 Å². The highest BCUT2D eigenvalue weighted by atomic mass is 16.7. The van der Waals surface area contributed by atoms with E-state index >= 15 is 0 Å². The highest BCUT2D eigenvalue weighted by Crippen LogP contribution is 2.34. The maximum atomic E-state index is 12.3. The Morgan fingerprint density at radius 1 is 1.35 bits per heavy atom. The maximum Gasteiger partial charge on any atom is 0.231 e. The number of rotatable bonds is 4. The molecule has 0 fully saturated rings. The fourth-order valence-corrected chi connectivity index (χ4v) is 2.79. The molecule has 1 aromatic carbocycles. The summed E-state index contributed by atoms with van der Waals surface area (Å²) in [6.07, 6.45) is 0.334. The number of fused-ring (bicyclic) bond motifs is 1. The molecule has 1 aliphatic heterocycles. The van der Waals surface area contributed by atoms with E-state index in [1.807, 2.05) is 46.0 Å². The monoisotopic (exact) mass is 315 g/mol. The van der Waals surface area contributed by atoms with Crippen LogP contribution in [0.1, 0.15) is 35.5 Å². The van der Waals surface area contributed by atoms with Crippen LogP contribution in [-0.2, 0) is 18.3 Å². The van der Waals surface area contributed by atoms with E-state index in [1.54, 1.807) is 4.68 Å². The number of aromatic nitrogens is 2. The average Bonchev–Trinajstić information content (AvgIpc) is 3.06. The second kappa shape index (κ2) is 5.95. The summed E-state index contributed by atoms with van der Waals surface area (Å²) in [7, 11) is 1.89. The van der Waals surface area contributed by atoms with Crippen molar-refractivity contribution in [2.24, 2.45) is 7.05 Å². The molecule has 23 heavy (non-hydrogen) atoms. The van der Waals surface area contributed by atoms with Crippen molar-refractivity contribution < 1.29 is 14.3 Å². The van der Waals surface area contributed by atoms with Gasteiger partial charge in [0.1, 0.15) is 0 Å². The van der Waals surface area contributed by atoms with Gasteiger partial charge in [0.2, 0.25) is 12.7 Å². The molecule has 0 saturated carbocycles. The molecular weight excluding hydrogens is 294 g/mol. The largest absolute Gasteiger partial charge is 0.454 e. The average molecular weight is 315 g/mol. The normalized spacial score (nSPS) is 13.9. The highest BCUT2D eigenvalue weighted by molar-refractivity contribution is 5.79. The number of ether oxygens (including phenoxy) is 2. The lowest BCUT2D eigenvalue weighted by Gasteiger charge is -2.15. The molecule has 1 N–H and O–H groups in total. The van der Waals surface area contributed by atoms with Crippen LogP contribution in [0.3, 0.4) is 0 Å². The van der Waals surface area contributed by atoms with E-state index in [-0.39, 0.29) is 18.7 Å². The minimum absolute atomic E-state index is 0.0191. The number of amides is 1. The second-order valence-electron chi connectivity index (χ2n) is 5.85. The number of benzene rings is 1. The van der Waals surface area contributed by atoms with Crippen LogP contribution >= 0.6 is 0 Å². The van der Waals surface area contributed by atoms with Crippen LogP contribution in [0.5, 0.6) is 11.5 Å². The summed E-state index contributed by atoms with van der Waals surface area (Å²) < 4.78 is 12.5. The number of aryl methyl sites for hydroxylation is 2. The van der Waals surface area contributed by atoms with E-state index in [9.17, 15) is 4.79 Å². The van der Waals surface area contributed by atoms with Gasteiger partial charge in [-0.15, -0.1) is 0 Å². The Bertz CT molecular complexity index is 752. The molecule has 0 spiro atoms. The second-order valence-corrected chi connectivity index (χ2v) is 5.85. The molecule has 0 radical (unpaired) electrons. The van der Waals surface area contributed by atoms with Crippen LogP contribution in [0.25, 0.3) is 0 Å². The number of carbonyl (C=O) groups excluding carboxylic acids is 1. The minimum atomic E-state index is -0.103. The van der Waals surface area contributed by atoms with Crippen molar-refractivity contribution in [3.63, 3.8) is 0 Å². The Morgan fingerprint density at radius 3 is 2.78 bits per heavy atom. The molecule has 1 aromatic heterocycles. The Labute approximate surface area is 135 Å². The summed E-state index contributed by atoms with van der Waals surface area (Å²) in [6.45, 7) is 6.11. The maximum absolute atomic E-state index is 12.3. The van der Waals surface area contributed by atoms with Gasteiger partial charge in [-0.3, -0.25) is 9.48 Å². The van der Waals surface area contributed by atoms with Gasteiger partial charge in [0.25, 0.3) is 0 Å². The quantitative estimate of drug-likeness (QED) is 0.939. The first-order valence-electron chi connectivity index (χ1n) is 7.63. The van der Waals surface area contributed by atoms with Crippen molar-refractivity contribution in [1.82, 2.24) is 15.1 Å². The van der Waals surface area contributed by atoms with Gasteiger partial charge >= 0.3 is 0 Å². The van der Waals surface area contributed by atoms with Crippen molar-refractivity contribution >= 4 is 5.91 Å². The molecule has 0 saturated heterocycles. The van der Waals surface area contributed by atoms with Gasteiger partial charge in [-0.2, -0.15) is 5.10 Å². The summed E-state index contributed by atoms with van der Waals surface area (Å²) in [6, 6.07) is 5.62. The zero-order chi connectivity index (χ0) is 16.6. The molecular formula is C17H21N3O3. The van der Waals surface area contributed by atoms with Crippen molar-refractivity contribution in [2.75, 3.05) is 6.79 Å². The third kappa shape index (κ3) is 3.02. The van der Waals surface area contributed by atoms with E-state index < -0.39 is 0 Å². The number of nitrogens with zero attached hydrogens (tertiary/aromatic N) is 2. The van der Waals surface area contributed by atoms with Crippen molar-refractivity contribution in [2.45, 2.75) is 33.2 Å². The van der Waals surface area contributed by atoms with E-state index in [0.717, 1.165) is 34.0 Å². The number of hydrogen-bond acceptors (Lipinski definition) is 4. The van der Waals surface area contributed by atoms with Crippen molar-refractivity contribution in [1.29, 1.82) is 0 Å². The molecule has 122 valence electrons. The summed E-state index contributed by atoms with van der Waals surface area (Å²) in [5, 5.41) is 7.37. The first kappa shape index (κ1) is 15.4. The van der Waals surface area contributed by atoms with Gasteiger partial charge in [-0.25, -0.2) is 0 Å². The summed E-state index contributed by atoms with van der Waals surface area (Å²) in [5.41, 5.74) is 3.90. The topological polar surface area (TPSA) is 65.4 Å². The lowest BCUT2D eigenvalue weighted by atomic mass is 10.1. The van der Waals surface area contributed by atoms with Crippen molar-refractivity contribution in [3.05, 3.63) is 40.7 Å². The third-order valence-corrected chi connectivity index (χ3v) is 4.27. The van der Waals surface area contributed by atoms with Gasteiger partial charge < -0.3 is 14.8 Å². The highest BCUT2D eigenvalue weighted by Gasteiger charge is 2.18. The summed E-state index contributed by atoms with van der Waals surface area (Å²) in [4.78, 5) is 12.3. The predicted molar refractivity (Wildman–Crippen MR) is 85.5 cm³/mol. The van der Waals surface area contributed by atoms with Gasteiger partial charge in [0, 0.05) is 18.3 Å².